The SMILES string of the molecule is CN1C(I)=C2C=CSN2C1c1ccccc1. The van der Waals surface area contributed by atoms with Crippen LogP contribution in [0.5, 0.6) is 0 Å². The number of benzene rings is 1. The molecule has 82 valence electrons. The van der Waals surface area contributed by atoms with Crippen LogP contribution in [-0.4, -0.2) is 16.3 Å². The highest BCUT2D eigenvalue weighted by atomic mass is 127. The van der Waals surface area contributed by atoms with Gasteiger partial charge in [0.05, 0.1) is 5.70 Å². The van der Waals surface area contributed by atoms with Gasteiger partial charge in [0.15, 0.2) is 0 Å². The molecule has 2 heterocycles. The van der Waals surface area contributed by atoms with E-state index in [2.05, 4.69) is 80.7 Å². The fourth-order valence-corrected chi connectivity index (χ4v) is 3.90. The van der Waals surface area contributed by atoms with Crippen LogP contribution >= 0.6 is 34.5 Å². The number of hydrogen-bond donors (Lipinski definition) is 0. The van der Waals surface area contributed by atoms with Crippen LogP contribution in [0.15, 0.2) is 51.2 Å². The molecule has 0 fully saturated rings. The van der Waals surface area contributed by atoms with E-state index in [4.69, 9.17) is 0 Å². The lowest BCUT2D eigenvalue weighted by molar-refractivity contribution is 0.266. The fraction of sp³-hybridized carbons (Fsp3) is 0.167. The number of nitrogens with zero attached hydrogens (tertiary/aromatic N) is 2. The summed E-state index contributed by atoms with van der Waals surface area (Å²) in [5.41, 5.74) is 2.66. The van der Waals surface area contributed by atoms with E-state index in [1.165, 1.54) is 15.0 Å². The van der Waals surface area contributed by atoms with Gasteiger partial charge in [-0.05, 0) is 51.6 Å². The van der Waals surface area contributed by atoms with Crippen LogP contribution in [-0.2, 0) is 0 Å². The van der Waals surface area contributed by atoms with Crippen molar-refractivity contribution in [2.24, 2.45) is 0 Å². The van der Waals surface area contributed by atoms with E-state index < -0.39 is 0 Å². The van der Waals surface area contributed by atoms with Crippen LogP contribution < -0.4 is 0 Å². The molecule has 0 bridgehead atoms. The minimum Gasteiger partial charge on any atom is -0.343 e. The standard InChI is InChI=1S/C12H11IN2S/c1-14-11(13)10-7-8-16-15(10)12(14)9-5-3-2-4-6-9/h2-8,12H,1H3. The molecule has 0 aromatic heterocycles. The third-order valence-electron chi connectivity index (χ3n) is 2.85. The predicted molar refractivity (Wildman–Crippen MR) is 76.6 cm³/mol. The van der Waals surface area contributed by atoms with Gasteiger partial charge in [-0.2, -0.15) is 0 Å². The molecule has 0 amide bonds. The summed E-state index contributed by atoms with van der Waals surface area (Å²) in [6.07, 6.45) is 2.51. The molecular weight excluding hydrogens is 331 g/mol. The van der Waals surface area contributed by atoms with Gasteiger partial charge in [-0.15, -0.1) is 0 Å². The predicted octanol–water partition coefficient (Wildman–Crippen LogP) is 3.71. The maximum Gasteiger partial charge on any atom is 0.139 e. The fourth-order valence-electron chi connectivity index (χ4n) is 2.07. The Kier molecular flexibility index (Phi) is 2.63. The molecule has 0 spiro atoms. The van der Waals surface area contributed by atoms with Crippen molar-refractivity contribution in [1.29, 1.82) is 0 Å². The van der Waals surface area contributed by atoms with Crippen LogP contribution in [0.4, 0.5) is 0 Å². The van der Waals surface area contributed by atoms with Crippen molar-refractivity contribution in [3.05, 3.63) is 56.8 Å². The Bertz CT molecular complexity index is 469. The van der Waals surface area contributed by atoms with Gasteiger partial charge in [-0.25, -0.2) is 0 Å². The summed E-state index contributed by atoms with van der Waals surface area (Å²) in [6.45, 7) is 0. The first kappa shape index (κ1) is 10.5. The molecule has 16 heavy (non-hydrogen) atoms. The zero-order valence-corrected chi connectivity index (χ0v) is 11.8. The van der Waals surface area contributed by atoms with E-state index in [1.54, 1.807) is 11.9 Å². The summed E-state index contributed by atoms with van der Waals surface area (Å²) < 4.78 is 3.67. The zero-order valence-electron chi connectivity index (χ0n) is 8.80. The van der Waals surface area contributed by atoms with Gasteiger partial charge in [-0.3, -0.25) is 4.31 Å². The van der Waals surface area contributed by atoms with Crippen molar-refractivity contribution in [3.63, 3.8) is 0 Å². The number of halogens is 1. The summed E-state index contributed by atoms with van der Waals surface area (Å²) in [6, 6.07) is 10.6. The summed E-state index contributed by atoms with van der Waals surface area (Å²) in [5, 5.41) is 2.15. The van der Waals surface area contributed by atoms with Crippen molar-refractivity contribution < 1.29 is 0 Å². The van der Waals surface area contributed by atoms with Gasteiger partial charge in [-0.1, -0.05) is 30.3 Å². The molecule has 2 aliphatic heterocycles. The van der Waals surface area contributed by atoms with E-state index >= 15 is 0 Å². The van der Waals surface area contributed by atoms with Crippen LogP contribution in [0, 0.1) is 0 Å². The molecule has 0 N–H and O–H groups in total. The van der Waals surface area contributed by atoms with Crippen LogP contribution in [0.1, 0.15) is 11.7 Å². The summed E-state index contributed by atoms with van der Waals surface area (Å²) in [4.78, 5) is 2.32. The van der Waals surface area contributed by atoms with Gasteiger partial charge in [0.2, 0.25) is 0 Å². The topological polar surface area (TPSA) is 6.48 Å². The molecule has 0 aliphatic carbocycles. The highest BCUT2D eigenvalue weighted by Gasteiger charge is 2.37. The molecule has 1 atom stereocenters. The van der Waals surface area contributed by atoms with Crippen LogP contribution in [0.2, 0.25) is 0 Å². The Morgan fingerprint density at radius 3 is 2.75 bits per heavy atom. The second kappa shape index (κ2) is 4.00. The maximum absolute atomic E-state index is 2.42. The lowest BCUT2D eigenvalue weighted by atomic mass is 10.1. The molecule has 3 rings (SSSR count). The van der Waals surface area contributed by atoms with Crippen molar-refractivity contribution in [1.82, 2.24) is 9.21 Å². The van der Waals surface area contributed by atoms with E-state index in [0.29, 0.717) is 6.17 Å². The average molecular weight is 342 g/mol. The Labute approximate surface area is 113 Å². The summed E-state index contributed by atoms with van der Waals surface area (Å²) >= 11 is 4.19. The molecule has 0 saturated heterocycles. The first-order valence-corrected chi connectivity index (χ1v) is 7.00. The van der Waals surface area contributed by atoms with Gasteiger partial charge in [0.1, 0.15) is 9.87 Å². The van der Waals surface area contributed by atoms with Crippen molar-refractivity contribution in [2.75, 3.05) is 7.05 Å². The van der Waals surface area contributed by atoms with Gasteiger partial charge >= 0.3 is 0 Å². The van der Waals surface area contributed by atoms with E-state index in [-0.39, 0.29) is 0 Å². The number of hydrogen-bond acceptors (Lipinski definition) is 3. The molecular formula is C12H11IN2S. The Morgan fingerprint density at radius 2 is 2.00 bits per heavy atom. The van der Waals surface area contributed by atoms with Crippen molar-refractivity contribution >= 4 is 34.5 Å². The number of allylic oxidation sites excluding steroid dienone is 1. The highest BCUT2D eigenvalue weighted by molar-refractivity contribution is 14.1. The van der Waals surface area contributed by atoms with E-state index in [0.717, 1.165) is 0 Å². The molecule has 4 heteroatoms. The van der Waals surface area contributed by atoms with Crippen LogP contribution in [0.3, 0.4) is 0 Å². The molecule has 2 nitrogen and oxygen atoms in total. The Hall–Kier alpha value is -0.620. The molecule has 0 radical (unpaired) electrons. The lowest BCUT2D eigenvalue weighted by Crippen LogP contribution is -2.24. The molecule has 0 saturated carbocycles. The number of fused-ring (bicyclic) bond motifs is 1. The third kappa shape index (κ3) is 1.47. The second-order valence-corrected chi connectivity index (χ2v) is 5.70. The first-order valence-electron chi connectivity index (χ1n) is 5.09. The van der Waals surface area contributed by atoms with Gasteiger partial charge in [0, 0.05) is 7.05 Å². The maximum atomic E-state index is 2.42. The third-order valence-corrected chi connectivity index (χ3v) is 5.04. The summed E-state index contributed by atoms with van der Waals surface area (Å²) in [7, 11) is 2.15. The Balaban J connectivity index is 2.01. The quantitative estimate of drug-likeness (QED) is 0.436. The second-order valence-electron chi connectivity index (χ2n) is 3.81. The zero-order chi connectivity index (χ0) is 11.1. The first-order chi connectivity index (χ1) is 7.79. The smallest absolute Gasteiger partial charge is 0.139 e. The lowest BCUT2D eigenvalue weighted by Gasteiger charge is -2.29. The molecule has 1 unspecified atom stereocenters. The monoisotopic (exact) mass is 342 g/mol. The van der Waals surface area contributed by atoms with E-state index in [1.807, 2.05) is 0 Å². The molecule has 1 aromatic carbocycles. The molecule has 2 aliphatic rings. The van der Waals surface area contributed by atoms with Gasteiger partial charge in [0.25, 0.3) is 0 Å². The normalized spacial score (nSPS) is 23.2. The summed E-state index contributed by atoms with van der Waals surface area (Å²) in [5.74, 6) is 0. The molecule has 1 aromatic rings. The van der Waals surface area contributed by atoms with Crippen molar-refractivity contribution in [3.8, 4) is 0 Å². The minimum atomic E-state index is 0.322. The number of rotatable bonds is 1. The van der Waals surface area contributed by atoms with Crippen LogP contribution in [0.25, 0.3) is 0 Å². The largest absolute Gasteiger partial charge is 0.343 e. The van der Waals surface area contributed by atoms with Gasteiger partial charge < -0.3 is 4.90 Å². The average Bonchev–Trinajstić information content (AvgIpc) is 2.86. The highest BCUT2D eigenvalue weighted by Crippen LogP contribution is 2.48. The van der Waals surface area contributed by atoms with E-state index in [9.17, 15) is 0 Å². The van der Waals surface area contributed by atoms with Crippen molar-refractivity contribution in [2.45, 2.75) is 6.17 Å². The minimum absolute atomic E-state index is 0.322. The Morgan fingerprint density at radius 1 is 1.25 bits per heavy atom.